The van der Waals surface area contributed by atoms with Gasteiger partial charge in [0.1, 0.15) is 0 Å². The van der Waals surface area contributed by atoms with Crippen LogP contribution in [-0.4, -0.2) is 32.8 Å². The van der Waals surface area contributed by atoms with Crippen LogP contribution in [0.2, 0.25) is 0 Å². The first kappa shape index (κ1) is 8.80. The van der Waals surface area contributed by atoms with Gasteiger partial charge in [0.05, 0.1) is 23.1 Å². The first-order valence-corrected chi connectivity index (χ1v) is 6.02. The number of nitrogens with zero attached hydrogens (tertiary/aromatic N) is 3. The number of aryl methyl sites for hydroxylation is 1. The van der Waals surface area contributed by atoms with Crippen molar-refractivity contribution in [2.24, 2.45) is 5.92 Å². The quantitative estimate of drug-likeness (QED) is 0.704. The van der Waals surface area contributed by atoms with Crippen molar-refractivity contribution in [2.75, 3.05) is 13.1 Å². The smallest absolute Gasteiger partial charge is 0.0819 e. The Hall–Kier alpha value is -0.480. The molecule has 3 nitrogen and oxygen atoms in total. The number of fused-ring (bicyclic) bond motifs is 2. The van der Waals surface area contributed by atoms with Gasteiger partial charge in [0.2, 0.25) is 0 Å². The summed E-state index contributed by atoms with van der Waals surface area (Å²) in [7, 11) is 0. The second-order valence-corrected chi connectivity index (χ2v) is 5.17. The summed E-state index contributed by atoms with van der Waals surface area (Å²) >= 11 is 1.36. The number of piperidine rings is 1. The van der Waals surface area contributed by atoms with E-state index < -0.39 is 0 Å². The van der Waals surface area contributed by atoms with Gasteiger partial charge in [-0.3, -0.25) is 4.90 Å². The first-order valence-electron chi connectivity index (χ1n) is 5.29. The van der Waals surface area contributed by atoms with Crippen LogP contribution >= 0.6 is 11.7 Å². The number of aromatic nitrogens is 2. The SMILES string of the molecule is Cc1nsnc1C1CN2CC1CC2C. The molecular formula is C10H15N3S. The third-order valence-corrected chi connectivity index (χ3v) is 4.41. The second kappa shape index (κ2) is 3.00. The van der Waals surface area contributed by atoms with Gasteiger partial charge in [-0.15, -0.1) is 0 Å². The van der Waals surface area contributed by atoms with Crippen molar-refractivity contribution < 1.29 is 0 Å². The van der Waals surface area contributed by atoms with Crippen molar-refractivity contribution in [3.05, 3.63) is 11.4 Å². The van der Waals surface area contributed by atoms with Crippen LogP contribution in [0.1, 0.15) is 30.7 Å². The molecule has 14 heavy (non-hydrogen) atoms. The van der Waals surface area contributed by atoms with Crippen LogP contribution in [0.4, 0.5) is 0 Å². The van der Waals surface area contributed by atoms with Crippen LogP contribution in [0.5, 0.6) is 0 Å². The number of hydrogen-bond acceptors (Lipinski definition) is 4. The minimum Gasteiger partial charge on any atom is -0.300 e. The van der Waals surface area contributed by atoms with Crippen molar-refractivity contribution in [1.82, 2.24) is 13.6 Å². The van der Waals surface area contributed by atoms with Crippen molar-refractivity contribution >= 4 is 11.7 Å². The fourth-order valence-corrected chi connectivity index (χ4v) is 3.59. The highest BCUT2D eigenvalue weighted by molar-refractivity contribution is 6.99. The largest absolute Gasteiger partial charge is 0.300 e. The van der Waals surface area contributed by atoms with E-state index in [1.54, 1.807) is 0 Å². The average Bonchev–Trinajstić information content (AvgIpc) is 2.78. The van der Waals surface area contributed by atoms with Gasteiger partial charge in [0.15, 0.2) is 0 Å². The Morgan fingerprint density at radius 3 is 2.71 bits per heavy atom. The zero-order valence-electron chi connectivity index (χ0n) is 8.60. The molecule has 2 saturated heterocycles. The highest BCUT2D eigenvalue weighted by atomic mass is 32.1. The molecule has 0 N–H and O–H groups in total. The summed E-state index contributed by atoms with van der Waals surface area (Å²) in [6, 6.07) is 0.795. The van der Waals surface area contributed by atoms with Gasteiger partial charge in [0, 0.05) is 25.0 Å². The van der Waals surface area contributed by atoms with E-state index in [1.165, 1.54) is 36.9 Å². The Morgan fingerprint density at radius 2 is 2.21 bits per heavy atom. The fraction of sp³-hybridized carbons (Fsp3) is 0.800. The molecule has 0 spiro atoms. The third kappa shape index (κ3) is 1.13. The molecule has 2 fully saturated rings. The summed E-state index contributed by atoms with van der Waals surface area (Å²) in [4.78, 5) is 2.59. The van der Waals surface area contributed by atoms with Gasteiger partial charge in [0.25, 0.3) is 0 Å². The van der Waals surface area contributed by atoms with Crippen LogP contribution < -0.4 is 0 Å². The molecule has 2 aliphatic rings. The third-order valence-electron chi connectivity index (χ3n) is 3.78. The molecule has 2 bridgehead atoms. The molecule has 0 radical (unpaired) electrons. The van der Waals surface area contributed by atoms with E-state index in [-0.39, 0.29) is 0 Å². The Bertz CT molecular complexity index is 347. The molecule has 4 unspecified atom stereocenters. The summed E-state index contributed by atoms with van der Waals surface area (Å²) in [5.41, 5.74) is 2.43. The molecule has 2 aliphatic heterocycles. The fourth-order valence-electron chi connectivity index (χ4n) is 2.97. The lowest BCUT2D eigenvalue weighted by molar-refractivity contribution is 0.262. The van der Waals surface area contributed by atoms with Gasteiger partial charge in [-0.05, 0) is 26.2 Å². The molecule has 3 heterocycles. The van der Waals surface area contributed by atoms with Crippen LogP contribution in [-0.2, 0) is 0 Å². The lowest BCUT2D eigenvalue weighted by atomic mass is 9.87. The molecule has 0 amide bonds. The molecule has 76 valence electrons. The lowest BCUT2D eigenvalue weighted by Crippen LogP contribution is -2.30. The summed E-state index contributed by atoms with van der Waals surface area (Å²) in [6.45, 7) is 6.91. The molecule has 4 heteroatoms. The van der Waals surface area contributed by atoms with Gasteiger partial charge in [-0.1, -0.05) is 0 Å². The predicted octanol–water partition coefficient (Wildman–Crippen LogP) is 1.65. The van der Waals surface area contributed by atoms with E-state index in [2.05, 4.69) is 27.5 Å². The van der Waals surface area contributed by atoms with Crippen LogP contribution in [0.25, 0.3) is 0 Å². The number of hydrogen-bond donors (Lipinski definition) is 0. The maximum atomic E-state index is 4.45. The van der Waals surface area contributed by atoms with E-state index in [1.807, 2.05) is 0 Å². The minimum absolute atomic E-state index is 0.671. The van der Waals surface area contributed by atoms with Gasteiger partial charge in [-0.2, -0.15) is 8.75 Å². The molecule has 3 rings (SSSR count). The first-order chi connectivity index (χ1) is 6.75. The van der Waals surface area contributed by atoms with E-state index in [0.717, 1.165) is 17.7 Å². The normalized spacial score (nSPS) is 40.7. The van der Waals surface area contributed by atoms with Crippen LogP contribution in [0, 0.1) is 12.8 Å². The van der Waals surface area contributed by atoms with Crippen molar-refractivity contribution in [2.45, 2.75) is 32.2 Å². The summed E-state index contributed by atoms with van der Waals surface area (Å²) < 4.78 is 8.72. The van der Waals surface area contributed by atoms with Crippen molar-refractivity contribution in [3.8, 4) is 0 Å². The lowest BCUT2D eigenvalue weighted by Gasteiger charge is -2.26. The summed E-state index contributed by atoms with van der Waals surface area (Å²) in [6.07, 6.45) is 1.35. The van der Waals surface area contributed by atoms with E-state index in [4.69, 9.17) is 0 Å². The molecule has 0 saturated carbocycles. The van der Waals surface area contributed by atoms with Gasteiger partial charge < -0.3 is 0 Å². The number of rotatable bonds is 1. The van der Waals surface area contributed by atoms with E-state index >= 15 is 0 Å². The Morgan fingerprint density at radius 1 is 1.36 bits per heavy atom. The molecule has 1 aromatic heterocycles. The molecular weight excluding hydrogens is 194 g/mol. The summed E-state index contributed by atoms with van der Waals surface area (Å²) in [5.74, 6) is 1.51. The van der Waals surface area contributed by atoms with Crippen molar-refractivity contribution in [1.29, 1.82) is 0 Å². The van der Waals surface area contributed by atoms with Crippen LogP contribution in [0.15, 0.2) is 0 Å². The monoisotopic (exact) mass is 209 g/mol. The maximum absolute atomic E-state index is 4.45. The highest BCUT2D eigenvalue weighted by Gasteiger charge is 2.44. The zero-order valence-corrected chi connectivity index (χ0v) is 9.42. The average molecular weight is 209 g/mol. The zero-order chi connectivity index (χ0) is 9.71. The van der Waals surface area contributed by atoms with Gasteiger partial charge >= 0.3 is 0 Å². The molecule has 1 aromatic rings. The predicted molar refractivity (Wildman–Crippen MR) is 56.5 cm³/mol. The standard InChI is InChI=1S/C10H15N3S/c1-6-3-8-4-13(6)5-9(8)10-7(2)11-14-12-10/h6,8-9H,3-5H2,1-2H3. The van der Waals surface area contributed by atoms with Crippen molar-refractivity contribution in [3.63, 3.8) is 0 Å². The Labute approximate surface area is 88.5 Å². The summed E-state index contributed by atoms with van der Waals surface area (Å²) in [5, 5.41) is 0. The molecule has 4 atom stereocenters. The van der Waals surface area contributed by atoms with Gasteiger partial charge in [-0.25, -0.2) is 0 Å². The highest BCUT2D eigenvalue weighted by Crippen LogP contribution is 2.42. The molecule has 0 aromatic carbocycles. The second-order valence-electron chi connectivity index (χ2n) is 4.64. The minimum atomic E-state index is 0.671. The topological polar surface area (TPSA) is 29.0 Å². The Balaban J connectivity index is 1.87. The molecule has 0 aliphatic carbocycles. The van der Waals surface area contributed by atoms with E-state index in [9.17, 15) is 0 Å². The van der Waals surface area contributed by atoms with E-state index in [0.29, 0.717) is 5.92 Å². The maximum Gasteiger partial charge on any atom is 0.0819 e. The van der Waals surface area contributed by atoms with Crippen LogP contribution in [0.3, 0.4) is 0 Å². The Kier molecular flexibility index (Phi) is 1.89.